The largest absolute Gasteiger partial charge is 0.504 e. The van der Waals surface area contributed by atoms with Gasteiger partial charge >= 0.3 is 0 Å². The maximum atomic E-state index is 14.3. The van der Waals surface area contributed by atoms with E-state index in [1.165, 1.54) is 12.1 Å². The van der Waals surface area contributed by atoms with E-state index in [1.54, 1.807) is 28.9 Å². The van der Waals surface area contributed by atoms with Gasteiger partial charge in [0.2, 0.25) is 0 Å². The molecule has 0 spiro atoms. The Balaban J connectivity index is 1.67. The van der Waals surface area contributed by atoms with E-state index in [4.69, 9.17) is 4.98 Å². The van der Waals surface area contributed by atoms with Crippen molar-refractivity contribution in [3.8, 4) is 38.7 Å². The molecule has 0 bridgehead atoms. The first-order valence-corrected chi connectivity index (χ1v) is 13.2. The number of aryl methyl sites for hydroxylation is 4. The molecule has 3 aromatic heterocycles. The van der Waals surface area contributed by atoms with E-state index < -0.39 is 11.6 Å². The molecular formula is C29H29FN4O2S. The molecule has 0 saturated carbocycles. The van der Waals surface area contributed by atoms with Crippen LogP contribution in [0.3, 0.4) is 0 Å². The molecule has 2 N–H and O–H groups in total. The molecule has 0 amide bonds. The standard InChI is InChI=1S/C29H29FN4O2S/c1-16-26(24-15-22(19(4)37-24)25-17(2)32-33-18(25)3)29(36)34(14-13-20-9-6-5-7-10-20)28(31-16)21-11-8-12-23(30)27(21)35/h6,8-12,15,35H,5,7,13-14H2,1-4H3,(H,32,33). The van der Waals surface area contributed by atoms with E-state index in [2.05, 4.69) is 28.4 Å². The highest BCUT2D eigenvalue weighted by molar-refractivity contribution is 7.16. The molecule has 0 fully saturated rings. The summed E-state index contributed by atoms with van der Waals surface area (Å²) in [4.78, 5) is 20.8. The van der Waals surface area contributed by atoms with E-state index in [1.807, 2.05) is 26.8 Å². The van der Waals surface area contributed by atoms with Gasteiger partial charge in [0.25, 0.3) is 5.56 Å². The quantitative estimate of drug-likeness (QED) is 0.296. The molecule has 4 aromatic rings. The van der Waals surface area contributed by atoms with Crippen molar-refractivity contribution >= 4 is 11.3 Å². The van der Waals surface area contributed by atoms with Gasteiger partial charge in [-0.15, -0.1) is 11.3 Å². The summed E-state index contributed by atoms with van der Waals surface area (Å²) in [5.41, 5.74) is 6.16. The zero-order valence-corrected chi connectivity index (χ0v) is 22.2. The van der Waals surface area contributed by atoms with Gasteiger partial charge in [0.15, 0.2) is 11.6 Å². The van der Waals surface area contributed by atoms with E-state index in [0.717, 1.165) is 50.7 Å². The van der Waals surface area contributed by atoms with E-state index >= 15 is 0 Å². The van der Waals surface area contributed by atoms with Crippen LogP contribution in [0.5, 0.6) is 5.75 Å². The Bertz CT molecular complexity index is 1600. The summed E-state index contributed by atoms with van der Waals surface area (Å²) in [6, 6.07) is 6.33. The Morgan fingerprint density at radius 2 is 1.92 bits per heavy atom. The molecule has 0 radical (unpaired) electrons. The highest BCUT2D eigenvalue weighted by Crippen LogP contribution is 2.39. The van der Waals surface area contributed by atoms with Gasteiger partial charge in [0, 0.05) is 27.6 Å². The average molecular weight is 517 g/mol. The third-order valence-electron chi connectivity index (χ3n) is 6.84. The smallest absolute Gasteiger partial charge is 0.262 e. The minimum absolute atomic E-state index is 0.201. The molecule has 0 unspecified atom stereocenters. The molecule has 0 saturated heterocycles. The third-order valence-corrected chi connectivity index (χ3v) is 7.90. The number of hydrogen-bond acceptors (Lipinski definition) is 5. The van der Waals surface area contributed by atoms with Gasteiger partial charge in [-0.25, -0.2) is 9.37 Å². The molecule has 5 rings (SSSR count). The summed E-state index contributed by atoms with van der Waals surface area (Å²) in [6.07, 6.45) is 9.01. The van der Waals surface area contributed by atoms with Gasteiger partial charge in [-0.1, -0.05) is 29.9 Å². The Labute approximate surface area is 218 Å². The maximum absolute atomic E-state index is 14.3. The normalized spacial score (nSPS) is 13.3. The molecule has 0 atom stereocenters. The van der Waals surface area contributed by atoms with Crippen LogP contribution in [0, 0.1) is 33.5 Å². The van der Waals surface area contributed by atoms with Gasteiger partial charge in [-0.3, -0.25) is 14.5 Å². The molecule has 37 heavy (non-hydrogen) atoms. The highest BCUT2D eigenvalue weighted by atomic mass is 32.1. The number of nitrogens with one attached hydrogen (secondary N) is 1. The van der Waals surface area contributed by atoms with Crippen molar-refractivity contribution in [1.82, 2.24) is 19.7 Å². The molecule has 8 heteroatoms. The number of halogens is 1. The van der Waals surface area contributed by atoms with E-state index in [9.17, 15) is 14.3 Å². The monoisotopic (exact) mass is 516 g/mol. The fourth-order valence-corrected chi connectivity index (χ4v) is 6.06. The number of para-hydroxylation sites is 1. The Hall–Kier alpha value is -3.78. The lowest BCUT2D eigenvalue weighted by molar-refractivity contribution is 0.433. The lowest BCUT2D eigenvalue weighted by atomic mass is 10.0. The number of aromatic hydroxyl groups is 1. The van der Waals surface area contributed by atoms with Gasteiger partial charge < -0.3 is 5.11 Å². The Kier molecular flexibility index (Phi) is 6.69. The first-order valence-electron chi connectivity index (χ1n) is 12.3. The Morgan fingerprint density at radius 1 is 1.11 bits per heavy atom. The number of thiophene rings is 1. The van der Waals surface area contributed by atoms with Crippen LogP contribution in [-0.4, -0.2) is 24.9 Å². The SMILES string of the molecule is Cc1n[nH]c(C)c1-c1cc(-c2c(C)nc(-c3cccc(F)c3O)n(CCC3=CCCC=C3)c2=O)sc1C. The fourth-order valence-electron chi connectivity index (χ4n) is 4.95. The number of benzene rings is 1. The molecular weight excluding hydrogens is 487 g/mol. The van der Waals surface area contributed by atoms with Crippen LogP contribution in [0.25, 0.3) is 33.0 Å². The van der Waals surface area contributed by atoms with Crippen LogP contribution in [-0.2, 0) is 6.54 Å². The molecule has 1 aliphatic carbocycles. The minimum Gasteiger partial charge on any atom is -0.504 e. The second kappa shape index (κ2) is 9.94. The number of H-pyrrole nitrogens is 1. The molecule has 6 nitrogen and oxygen atoms in total. The predicted molar refractivity (Wildman–Crippen MR) is 146 cm³/mol. The van der Waals surface area contributed by atoms with Gasteiger partial charge in [-0.2, -0.15) is 5.10 Å². The summed E-state index contributed by atoms with van der Waals surface area (Å²) < 4.78 is 15.8. The minimum atomic E-state index is -0.748. The predicted octanol–water partition coefficient (Wildman–Crippen LogP) is 6.77. The van der Waals surface area contributed by atoms with E-state index in [-0.39, 0.29) is 16.9 Å². The lowest BCUT2D eigenvalue weighted by Gasteiger charge is -2.17. The van der Waals surface area contributed by atoms with Crippen LogP contribution in [0.2, 0.25) is 0 Å². The summed E-state index contributed by atoms with van der Waals surface area (Å²) in [5.74, 6) is -0.992. The number of aromatic nitrogens is 4. The van der Waals surface area contributed by atoms with Gasteiger partial charge in [0.05, 0.1) is 22.5 Å². The number of hydrogen-bond donors (Lipinski definition) is 2. The van der Waals surface area contributed by atoms with E-state index in [0.29, 0.717) is 24.2 Å². The second-order valence-electron chi connectivity index (χ2n) is 9.39. The number of aromatic amines is 1. The fraction of sp³-hybridized carbons (Fsp3) is 0.276. The summed E-state index contributed by atoms with van der Waals surface area (Å²) in [5, 5.41) is 17.9. The summed E-state index contributed by atoms with van der Waals surface area (Å²) >= 11 is 1.55. The van der Waals surface area contributed by atoms with Crippen LogP contribution in [0.1, 0.15) is 41.2 Å². The molecule has 1 aliphatic rings. The number of phenolic OH excluding ortho intramolecular Hbond substituents is 1. The third kappa shape index (κ3) is 4.57. The van der Waals surface area contributed by atoms with Crippen LogP contribution < -0.4 is 5.56 Å². The molecule has 0 aliphatic heterocycles. The second-order valence-corrected chi connectivity index (χ2v) is 10.6. The van der Waals surface area contributed by atoms with Crippen LogP contribution >= 0.6 is 11.3 Å². The number of rotatable bonds is 6. The van der Waals surface area contributed by atoms with Crippen molar-refractivity contribution in [3.05, 3.63) is 86.2 Å². The topological polar surface area (TPSA) is 83.8 Å². The van der Waals surface area contributed by atoms with Gasteiger partial charge in [0.1, 0.15) is 5.82 Å². The first-order chi connectivity index (χ1) is 17.8. The van der Waals surface area contributed by atoms with Crippen molar-refractivity contribution < 1.29 is 9.50 Å². The number of phenols is 1. The molecule has 1 aromatic carbocycles. The highest BCUT2D eigenvalue weighted by Gasteiger charge is 2.23. The average Bonchev–Trinajstić information content (AvgIpc) is 3.40. The maximum Gasteiger partial charge on any atom is 0.262 e. The summed E-state index contributed by atoms with van der Waals surface area (Å²) in [7, 11) is 0. The van der Waals surface area contributed by atoms with Crippen LogP contribution in [0.4, 0.5) is 4.39 Å². The molecule has 3 heterocycles. The van der Waals surface area contributed by atoms with Crippen LogP contribution in [0.15, 0.2) is 52.9 Å². The van der Waals surface area contributed by atoms with Crippen molar-refractivity contribution in [3.63, 3.8) is 0 Å². The number of allylic oxidation sites excluding steroid dienone is 4. The van der Waals surface area contributed by atoms with Crippen molar-refractivity contribution in [1.29, 1.82) is 0 Å². The van der Waals surface area contributed by atoms with Crippen molar-refractivity contribution in [2.75, 3.05) is 0 Å². The van der Waals surface area contributed by atoms with Crippen molar-refractivity contribution in [2.24, 2.45) is 0 Å². The summed E-state index contributed by atoms with van der Waals surface area (Å²) in [6.45, 7) is 8.14. The number of nitrogens with zero attached hydrogens (tertiary/aromatic N) is 3. The Morgan fingerprint density at radius 3 is 2.62 bits per heavy atom. The zero-order valence-electron chi connectivity index (χ0n) is 21.4. The van der Waals surface area contributed by atoms with Crippen molar-refractivity contribution in [2.45, 2.75) is 53.5 Å². The van der Waals surface area contributed by atoms with Gasteiger partial charge in [-0.05, 0) is 70.7 Å². The molecule has 190 valence electrons. The first kappa shape index (κ1) is 24.9. The lowest BCUT2D eigenvalue weighted by Crippen LogP contribution is -2.26. The zero-order chi connectivity index (χ0) is 26.3.